The Balaban J connectivity index is 2.22. The van der Waals surface area contributed by atoms with Gasteiger partial charge in [-0.25, -0.2) is 0 Å². The summed E-state index contributed by atoms with van der Waals surface area (Å²) in [7, 11) is 0. The van der Waals surface area contributed by atoms with Gasteiger partial charge in [0, 0.05) is 24.3 Å². The van der Waals surface area contributed by atoms with E-state index in [-0.39, 0.29) is 0 Å². The summed E-state index contributed by atoms with van der Waals surface area (Å²) in [5.41, 5.74) is 1.31. The molecule has 1 aliphatic rings. The maximum atomic E-state index is 5.42. The molecule has 1 saturated heterocycles. The average Bonchev–Trinajstić information content (AvgIpc) is 2.30. The lowest BCUT2D eigenvalue weighted by Crippen LogP contribution is -2.36. The number of aromatic nitrogens is 1. The highest BCUT2D eigenvalue weighted by atomic mass is 32.1. The van der Waals surface area contributed by atoms with Crippen molar-refractivity contribution in [2.24, 2.45) is 5.92 Å². The van der Waals surface area contributed by atoms with Gasteiger partial charge in [0.2, 0.25) is 0 Å². The molecule has 0 aliphatic carbocycles. The lowest BCUT2D eigenvalue weighted by Gasteiger charge is -2.37. The summed E-state index contributed by atoms with van der Waals surface area (Å²) < 4.78 is 0.910. The lowest BCUT2D eigenvalue weighted by molar-refractivity contribution is 0.132. The number of likely N-dealkylation sites (tertiary alicyclic amines) is 1. The first-order chi connectivity index (χ1) is 8.18. The molecule has 1 aliphatic heterocycles. The van der Waals surface area contributed by atoms with E-state index in [9.17, 15) is 0 Å². The third kappa shape index (κ3) is 3.17. The van der Waals surface area contributed by atoms with E-state index in [0.717, 1.165) is 10.6 Å². The smallest absolute Gasteiger partial charge is 0.108 e. The van der Waals surface area contributed by atoms with Crippen molar-refractivity contribution in [2.45, 2.75) is 39.2 Å². The zero-order chi connectivity index (χ0) is 12.3. The van der Waals surface area contributed by atoms with E-state index >= 15 is 0 Å². The van der Waals surface area contributed by atoms with Crippen LogP contribution in [0.25, 0.3) is 0 Å². The maximum Gasteiger partial charge on any atom is 0.108 e. The van der Waals surface area contributed by atoms with Gasteiger partial charge in [-0.1, -0.05) is 38.6 Å². The Morgan fingerprint density at radius 2 is 2.29 bits per heavy atom. The van der Waals surface area contributed by atoms with Crippen LogP contribution in [-0.2, 0) is 0 Å². The van der Waals surface area contributed by atoms with Crippen LogP contribution in [0.5, 0.6) is 0 Å². The van der Waals surface area contributed by atoms with Crippen molar-refractivity contribution >= 4 is 12.2 Å². The van der Waals surface area contributed by atoms with Crippen molar-refractivity contribution in [3.63, 3.8) is 0 Å². The van der Waals surface area contributed by atoms with Gasteiger partial charge >= 0.3 is 0 Å². The van der Waals surface area contributed by atoms with Gasteiger partial charge in [0.25, 0.3) is 0 Å². The number of hydrogen-bond donors (Lipinski definition) is 1. The van der Waals surface area contributed by atoms with Crippen molar-refractivity contribution in [3.8, 4) is 0 Å². The molecule has 2 heterocycles. The first kappa shape index (κ1) is 12.8. The first-order valence-electron chi connectivity index (χ1n) is 6.60. The maximum absolute atomic E-state index is 5.42. The first-order valence-corrected chi connectivity index (χ1v) is 7.01. The molecule has 0 spiro atoms. The Hall–Kier alpha value is -0.670. The number of piperidine rings is 1. The average molecular weight is 250 g/mol. The van der Waals surface area contributed by atoms with Crippen LogP contribution < -0.4 is 0 Å². The minimum absolute atomic E-state index is 0.524. The zero-order valence-corrected chi connectivity index (χ0v) is 11.6. The molecule has 0 radical (unpaired) electrons. The molecular formula is C14H22N2S. The highest BCUT2D eigenvalue weighted by molar-refractivity contribution is 7.71. The highest BCUT2D eigenvalue weighted by Gasteiger charge is 2.24. The number of aromatic amines is 1. The standard InChI is InChI=1S/C14H22N2S/c1-11(2)10-16-9-4-3-7-13(16)12-6-5-8-15-14(12)17/h5-6,8,11,13H,3-4,7,9-10H2,1-2H3,(H,15,17)/t13-/m1/s1. The fourth-order valence-corrected chi connectivity index (χ4v) is 3.00. The Kier molecular flexibility index (Phi) is 4.35. The fourth-order valence-electron chi connectivity index (χ4n) is 2.73. The molecule has 1 fully saturated rings. The van der Waals surface area contributed by atoms with E-state index in [1.165, 1.54) is 37.9 Å². The highest BCUT2D eigenvalue weighted by Crippen LogP contribution is 2.31. The molecule has 1 aromatic heterocycles. The van der Waals surface area contributed by atoms with E-state index in [0.29, 0.717) is 6.04 Å². The number of nitrogens with one attached hydrogen (secondary N) is 1. The summed E-state index contributed by atoms with van der Waals surface area (Å²) in [4.78, 5) is 5.76. The molecule has 1 aromatic rings. The summed E-state index contributed by atoms with van der Waals surface area (Å²) in [5, 5.41) is 0. The summed E-state index contributed by atoms with van der Waals surface area (Å²) in [6.45, 7) is 6.97. The van der Waals surface area contributed by atoms with Gasteiger partial charge in [0.05, 0.1) is 0 Å². The summed E-state index contributed by atoms with van der Waals surface area (Å²) >= 11 is 5.42. The molecule has 3 heteroatoms. The van der Waals surface area contributed by atoms with Gasteiger partial charge in [-0.2, -0.15) is 0 Å². The Morgan fingerprint density at radius 1 is 1.47 bits per heavy atom. The van der Waals surface area contributed by atoms with Crippen molar-refractivity contribution in [1.82, 2.24) is 9.88 Å². The minimum atomic E-state index is 0.524. The second-order valence-corrected chi connectivity index (χ2v) is 5.76. The number of hydrogen-bond acceptors (Lipinski definition) is 2. The van der Waals surface area contributed by atoms with Crippen molar-refractivity contribution in [1.29, 1.82) is 0 Å². The zero-order valence-electron chi connectivity index (χ0n) is 10.8. The number of nitrogens with zero attached hydrogens (tertiary/aromatic N) is 1. The molecular weight excluding hydrogens is 228 g/mol. The molecule has 0 bridgehead atoms. The van der Waals surface area contributed by atoms with Gasteiger partial charge < -0.3 is 4.98 Å². The van der Waals surface area contributed by atoms with Crippen LogP contribution in [0.3, 0.4) is 0 Å². The van der Waals surface area contributed by atoms with Crippen LogP contribution in [0, 0.1) is 10.6 Å². The Morgan fingerprint density at radius 3 is 3.00 bits per heavy atom. The normalized spacial score (nSPS) is 21.9. The molecule has 17 heavy (non-hydrogen) atoms. The predicted molar refractivity (Wildman–Crippen MR) is 74.6 cm³/mol. The molecule has 94 valence electrons. The van der Waals surface area contributed by atoms with Crippen LogP contribution >= 0.6 is 12.2 Å². The summed E-state index contributed by atoms with van der Waals surface area (Å²) in [6, 6.07) is 4.77. The quantitative estimate of drug-likeness (QED) is 0.820. The van der Waals surface area contributed by atoms with E-state index in [2.05, 4.69) is 35.9 Å². The Bertz CT molecular complexity index is 411. The molecule has 2 nitrogen and oxygen atoms in total. The monoisotopic (exact) mass is 250 g/mol. The molecule has 0 amide bonds. The molecule has 0 aromatic carbocycles. The van der Waals surface area contributed by atoms with Crippen LogP contribution in [0.4, 0.5) is 0 Å². The predicted octanol–water partition coefficient (Wildman–Crippen LogP) is 3.93. The van der Waals surface area contributed by atoms with E-state index in [4.69, 9.17) is 12.2 Å². The summed E-state index contributed by atoms with van der Waals surface area (Å²) in [5.74, 6) is 0.719. The SMILES string of the molecule is CC(C)CN1CCCC[C@@H]1c1ccc[nH]c1=S. The third-order valence-electron chi connectivity index (χ3n) is 3.42. The van der Waals surface area contributed by atoms with Crippen molar-refractivity contribution < 1.29 is 0 Å². The van der Waals surface area contributed by atoms with Gasteiger partial charge in [0.1, 0.15) is 4.64 Å². The third-order valence-corrected chi connectivity index (χ3v) is 3.77. The molecule has 1 N–H and O–H groups in total. The fraction of sp³-hybridized carbons (Fsp3) is 0.643. The number of rotatable bonds is 3. The Labute approximate surface area is 109 Å². The van der Waals surface area contributed by atoms with Gasteiger partial charge in [-0.05, 0) is 31.4 Å². The largest absolute Gasteiger partial charge is 0.353 e. The van der Waals surface area contributed by atoms with Gasteiger partial charge in [-0.15, -0.1) is 0 Å². The van der Waals surface area contributed by atoms with Crippen molar-refractivity contribution in [3.05, 3.63) is 28.5 Å². The van der Waals surface area contributed by atoms with Crippen LogP contribution in [0.2, 0.25) is 0 Å². The van der Waals surface area contributed by atoms with Crippen molar-refractivity contribution in [2.75, 3.05) is 13.1 Å². The van der Waals surface area contributed by atoms with Gasteiger partial charge in [0.15, 0.2) is 0 Å². The van der Waals surface area contributed by atoms with E-state index < -0.39 is 0 Å². The number of H-pyrrole nitrogens is 1. The molecule has 0 unspecified atom stereocenters. The van der Waals surface area contributed by atoms with Crippen LogP contribution in [0.1, 0.15) is 44.7 Å². The second kappa shape index (κ2) is 5.78. The topological polar surface area (TPSA) is 19.0 Å². The lowest BCUT2D eigenvalue weighted by atomic mass is 9.95. The summed E-state index contributed by atoms with van der Waals surface area (Å²) in [6.07, 6.45) is 5.81. The van der Waals surface area contributed by atoms with Crippen LogP contribution in [0.15, 0.2) is 18.3 Å². The molecule has 2 rings (SSSR count). The molecule has 0 saturated carbocycles. The second-order valence-electron chi connectivity index (χ2n) is 5.35. The minimum Gasteiger partial charge on any atom is -0.353 e. The van der Waals surface area contributed by atoms with Gasteiger partial charge in [-0.3, -0.25) is 4.90 Å². The van der Waals surface area contributed by atoms with Crippen LogP contribution in [-0.4, -0.2) is 23.0 Å². The molecule has 1 atom stereocenters. The van der Waals surface area contributed by atoms with E-state index in [1.54, 1.807) is 0 Å². The van der Waals surface area contributed by atoms with E-state index in [1.807, 2.05) is 6.20 Å². The number of pyridine rings is 1.